The van der Waals surface area contributed by atoms with E-state index in [1.165, 1.54) is 0 Å². The Morgan fingerprint density at radius 3 is 2.45 bits per heavy atom. The number of pyridine rings is 1. The summed E-state index contributed by atoms with van der Waals surface area (Å²) in [5, 5.41) is 6.39. The number of carbonyl (C=O) groups is 2. The van der Waals surface area contributed by atoms with Crippen LogP contribution in [0.25, 0.3) is 0 Å². The number of nitrogens with zero attached hydrogens (tertiary/aromatic N) is 2. The molecule has 0 aliphatic carbocycles. The van der Waals surface area contributed by atoms with Gasteiger partial charge in [0.05, 0.1) is 0 Å². The van der Waals surface area contributed by atoms with Crippen molar-refractivity contribution in [3.8, 4) is 0 Å². The molecule has 1 atom stereocenters. The molecule has 2 heterocycles. The minimum absolute atomic E-state index is 0.0499. The second-order valence-electron chi connectivity index (χ2n) is 8.10. The summed E-state index contributed by atoms with van der Waals surface area (Å²) in [6, 6.07) is 18.8. The van der Waals surface area contributed by atoms with Crippen molar-refractivity contribution in [3.63, 3.8) is 0 Å². The average Bonchev–Trinajstić information content (AvgIpc) is 3.04. The van der Waals surface area contributed by atoms with Crippen LogP contribution in [0.4, 0.5) is 5.69 Å². The predicted octanol–water partition coefficient (Wildman–Crippen LogP) is 4.23. The Bertz CT molecular complexity index is 1060. The highest BCUT2D eigenvalue weighted by atomic mass is 16.2. The summed E-state index contributed by atoms with van der Waals surface area (Å²) in [5.74, 6) is 0.272. The summed E-state index contributed by atoms with van der Waals surface area (Å²) in [4.78, 5) is 31.2. The first-order valence-electron chi connectivity index (χ1n) is 10.5. The Balaban J connectivity index is 1.46. The Morgan fingerprint density at radius 2 is 1.74 bits per heavy atom. The summed E-state index contributed by atoms with van der Waals surface area (Å²) >= 11 is 0. The van der Waals surface area contributed by atoms with Crippen LogP contribution in [0.2, 0.25) is 0 Å². The van der Waals surface area contributed by atoms with E-state index in [2.05, 4.69) is 29.5 Å². The van der Waals surface area contributed by atoms with E-state index in [1.807, 2.05) is 53.4 Å². The number of benzene rings is 2. The number of nitrogens with one attached hydrogen (secondary N) is 2. The molecule has 1 aliphatic heterocycles. The van der Waals surface area contributed by atoms with Gasteiger partial charge in [0, 0.05) is 47.9 Å². The molecule has 0 bridgehead atoms. The fourth-order valence-corrected chi connectivity index (χ4v) is 3.77. The third kappa shape index (κ3) is 4.58. The summed E-state index contributed by atoms with van der Waals surface area (Å²) in [5.41, 5.74) is 4.16. The normalized spacial score (nSPS) is 15.1. The first kappa shape index (κ1) is 20.6. The van der Waals surface area contributed by atoms with Gasteiger partial charge in [-0.25, -0.2) is 0 Å². The molecule has 2 N–H and O–H groups in total. The van der Waals surface area contributed by atoms with Gasteiger partial charge in [0.15, 0.2) is 0 Å². The van der Waals surface area contributed by atoms with Crippen molar-refractivity contribution in [2.24, 2.45) is 5.92 Å². The molecule has 0 radical (unpaired) electrons. The van der Waals surface area contributed by atoms with Crippen LogP contribution in [0.5, 0.6) is 0 Å². The predicted molar refractivity (Wildman–Crippen MR) is 121 cm³/mol. The molecule has 158 valence electrons. The molecular weight excluding hydrogens is 388 g/mol. The molecule has 6 heteroatoms. The smallest absolute Gasteiger partial charge is 0.256 e. The van der Waals surface area contributed by atoms with Gasteiger partial charge in [-0.05, 0) is 53.9 Å². The maximum atomic E-state index is 12.9. The number of carbonyl (C=O) groups excluding carboxylic acids is 2. The van der Waals surface area contributed by atoms with Gasteiger partial charge >= 0.3 is 0 Å². The highest BCUT2D eigenvalue weighted by Crippen LogP contribution is 2.34. The molecule has 0 spiro atoms. The van der Waals surface area contributed by atoms with Gasteiger partial charge in [0.25, 0.3) is 11.8 Å². The van der Waals surface area contributed by atoms with Crippen molar-refractivity contribution in [2.75, 3.05) is 11.9 Å². The van der Waals surface area contributed by atoms with E-state index in [1.54, 1.807) is 24.5 Å². The van der Waals surface area contributed by atoms with Crippen molar-refractivity contribution >= 4 is 17.5 Å². The largest absolute Gasteiger partial charge is 0.361 e. The van der Waals surface area contributed by atoms with Crippen LogP contribution < -0.4 is 10.6 Å². The maximum absolute atomic E-state index is 12.9. The molecule has 2 amide bonds. The van der Waals surface area contributed by atoms with Gasteiger partial charge < -0.3 is 15.5 Å². The van der Waals surface area contributed by atoms with Gasteiger partial charge in [-0.3, -0.25) is 14.6 Å². The van der Waals surface area contributed by atoms with E-state index in [-0.39, 0.29) is 18.0 Å². The van der Waals surface area contributed by atoms with Gasteiger partial charge in [0.1, 0.15) is 6.17 Å². The fourth-order valence-electron chi connectivity index (χ4n) is 3.77. The van der Waals surface area contributed by atoms with Crippen LogP contribution in [0.3, 0.4) is 0 Å². The minimum atomic E-state index is -0.225. The van der Waals surface area contributed by atoms with Gasteiger partial charge in [-0.15, -0.1) is 0 Å². The Hall–Kier alpha value is -3.67. The summed E-state index contributed by atoms with van der Waals surface area (Å²) in [7, 11) is 0. The van der Waals surface area contributed by atoms with Crippen molar-refractivity contribution in [2.45, 2.75) is 26.6 Å². The van der Waals surface area contributed by atoms with Crippen LogP contribution >= 0.6 is 0 Å². The van der Waals surface area contributed by atoms with E-state index in [0.717, 1.165) is 22.4 Å². The number of aromatic nitrogens is 1. The number of amides is 2. The zero-order valence-electron chi connectivity index (χ0n) is 17.7. The lowest BCUT2D eigenvalue weighted by molar-refractivity contribution is 0.0720. The standard InChI is InChI=1S/C25H26N4O2/c1-17(2)16-29-23(21-5-3-4-6-22(21)25(29)31)28-20-9-7-19(8-10-20)24(30)27-15-18-11-13-26-14-12-18/h3-14,17,23,28H,15-16H2,1-2H3,(H,27,30). The van der Waals surface area contributed by atoms with Gasteiger partial charge in [-0.1, -0.05) is 32.0 Å². The molecule has 1 aliphatic rings. The summed E-state index contributed by atoms with van der Waals surface area (Å²) in [6.07, 6.45) is 3.19. The number of fused-ring (bicyclic) bond motifs is 1. The molecular formula is C25H26N4O2. The van der Waals surface area contributed by atoms with E-state index in [0.29, 0.717) is 24.6 Å². The molecule has 0 saturated carbocycles. The lowest BCUT2D eigenvalue weighted by Gasteiger charge is -2.28. The van der Waals surface area contributed by atoms with E-state index >= 15 is 0 Å². The summed E-state index contributed by atoms with van der Waals surface area (Å²) in [6.45, 7) is 5.33. The first-order chi connectivity index (χ1) is 15.0. The number of hydrogen-bond donors (Lipinski definition) is 2. The van der Waals surface area contributed by atoms with Crippen LogP contribution in [-0.2, 0) is 6.54 Å². The molecule has 31 heavy (non-hydrogen) atoms. The number of anilines is 1. The molecule has 4 rings (SSSR count). The third-order valence-electron chi connectivity index (χ3n) is 5.27. The highest BCUT2D eigenvalue weighted by molar-refractivity contribution is 5.99. The number of rotatable bonds is 7. The van der Waals surface area contributed by atoms with Crippen molar-refractivity contribution in [1.82, 2.24) is 15.2 Å². The molecule has 1 aromatic heterocycles. The first-order valence-corrected chi connectivity index (χ1v) is 10.5. The molecule has 6 nitrogen and oxygen atoms in total. The van der Waals surface area contributed by atoms with Crippen LogP contribution in [0.1, 0.15) is 51.9 Å². The monoisotopic (exact) mass is 414 g/mol. The van der Waals surface area contributed by atoms with Crippen LogP contribution in [0, 0.1) is 5.92 Å². The quantitative estimate of drug-likeness (QED) is 0.607. The average molecular weight is 415 g/mol. The SMILES string of the molecule is CC(C)CN1C(=O)c2ccccc2C1Nc1ccc(C(=O)NCc2ccncc2)cc1. The van der Waals surface area contributed by atoms with Crippen LogP contribution in [-0.4, -0.2) is 28.2 Å². The second kappa shape index (κ2) is 9.00. The molecule has 3 aromatic rings. The Kier molecular flexibility index (Phi) is 5.98. The topological polar surface area (TPSA) is 74.3 Å². The zero-order valence-corrected chi connectivity index (χ0v) is 17.7. The Morgan fingerprint density at radius 1 is 1.03 bits per heavy atom. The molecule has 1 unspecified atom stereocenters. The highest BCUT2D eigenvalue weighted by Gasteiger charge is 2.36. The van der Waals surface area contributed by atoms with Gasteiger partial charge in [0.2, 0.25) is 0 Å². The van der Waals surface area contributed by atoms with E-state index in [9.17, 15) is 9.59 Å². The molecule has 0 fully saturated rings. The lowest BCUT2D eigenvalue weighted by Crippen LogP contribution is -2.35. The van der Waals surface area contributed by atoms with Crippen molar-refractivity contribution in [3.05, 3.63) is 95.3 Å². The number of hydrogen-bond acceptors (Lipinski definition) is 4. The van der Waals surface area contributed by atoms with Crippen molar-refractivity contribution < 1.29 is 9.59 Å². The third-order valence-corrected chi connectivity index (χ3v) is 5.27. The Labute approximate surface area is 182 Å². The van der Waals surface area contributed by atoms with Gasteiger partial charge in [-0.2, -0.15) is 0 Å². The fraction of sp³-hybridized carbons (Fsp3) is 0.240. The zero-order chi connectivity index (χ0) is 21.8. The second-order valence-corrected chi connectivity index (χ2v) is 8.10. The maximum Gasteiger partial charge on any atom is 0.256 e. The molecule has 0 saturated heterocycles. The van der Waals surface area contributed by atoms with Crippen molar-refractivity contribution in [1.29, 1.82) is 0 Å². The minimum Gasteiger partial charge on any atom is -0.361 e. The molecule has 2 aromatic carbocycles. The van der Waals surface area contributed by atoms with E-state index in [4.69, 9.17) is 0 Å². The van der Waals surface area contributed by atoms with E-state index < -0.39 is 0 Å². The summed E-state index contributed by atoms with van der Waals surface area (Å²) < 4.78 is 0. The lowest BCUT2D eigenvalue weighted by atomic mass is 10.1. The van der Waals surface area contributed by atoms with Crippen LogP contribution in [0.15, 0.2) is 73.1 Å².